The van der Waals surface area contributed by atoms with Crippen molar-refractivity contribution in [3.05, 3.63) is 47.5 Å². The first-order chi connectivity index (χ1) is 10.9. The van der Waals surface area contributed by atoms with E-state index < -0.39 is 0 Å². The summed E-state index contributed by atoms with van der Waals surface area (Å²) in [6.07, 6.45) is 5.27. The highest BCUT2D eigenvalue weighted by atomic mass is 16.5. The van der Waals surface area contributed by atoms with E-state index in [-0.39, 0.29) is 0 Å². The molecule has 4 nitrogen and oxygen atoms in total. The number of hydrogen-bond acceptors (Lipinski definition) is 2. The number of nitrogens with one attached hydrogen (secondary N) is 2. The van der Waals surface area contributed by atoms with Gasteiger partial charge in [-0.25, -0.2) is 0 Å². The summed E-state index contributed by atoms with van der Waals surface area (Å²) in [5.74, 6) is 0.908. The van der Waals surface area contributed by atoms with E-state index in [1.54, 1.807) is 0 Å². The molecule has 0 saturated heterocycles. The molecule has 0 aliphatic carbocycles. The van der Waals surface area contributed by atoms with Crippen LogP contribution in [-0.2, 0) is 11.2 Å². The molecule has 0 fully saturated rings. The minimum absolute atomic E-state index is 0.758. The van der Waals surface area contributed by atoms with Crippen LogP contribution in [0.5, 0.6) is 0 Å². The molecule has 2 N–H and O–H groups in total. The zero-order valence-corrected chi connectivity index (χ0v) is 13.5. The maximum Gasteiger partial charge on any atom is 0.191 e. The molecule has 0 bridgehead atoms. The molecule has 0 radical (unpaired) electrons. The van der Waals surface area contributed by atoms with Gasteiger partial charge in [-0.05, 0) is 31.7 Å². The average molecular weight is 301 g/mol. The zero-order valence-electron chi connectivity index (χ0n) is 13.5. The molecule has 2 rings (SSSR count). The molecule has 0 aromatic heterocycles. The molecular formula is C18H27N3O. The van der Waals surface area contributed by atoms with Gasteiger partial charge in [0.1, 0.15) is 0 Å². The van der Waals surface area contributed by atoms with Gasteiger partial charge < -0.3 is 15.4 Å². The third kappa shape index (κ3) is 6.31. The molecule has 1 heterocycles. The van der Waals surface area contributed by atoms with Gasteiger partial charge in [-0.3, -0.25) is 4.99 Å². The largest absolute Gasteiger partial charge is 0.377 e. The fourth-order valence-electron chi connectivity index (χ4n) is 2.42. The molecule has 0 saturated carbocycles. The summed E-state index contributed by atoms with van der Waals surface area (Å²) in [6, 6.07) is 10.5. The average Bonchev–Trinajstić information content (AvgIpc) is 2.57. The van der Waals surface area contributed by atoms with Crippen LogP contribution in [0.15, 0.2) is 47.0 Å². The minimum atomic E-state index is 0.758. The molecule has 4 heteroatoms. The van der Waals surface area contributed by atoms with E-state index in [0.717, 1.165) is 58.1 Å². The highest BCUT2D eigenvalue weighted by molar-refractivity contribution is 5.79. The normalized spacial score (nSPS) is 15.3. The zero-order chi connectivity index (χ0) is 15.5. The fourth-order valence-corrected chi connectivity index (χ4v) is 2.42. The van der Waals surface area contributed by atoms with Gasteiger partial charge in [0.2, 0.25) is 0 Å². The van der Waals surface area contributed by atoms with Gasteiger partial charge in [-0.1, -0.05) is 42.0 Å². The predicted octanol–water partition coefficient (Wildman–Crippen LogP) is 2.52. The van der Waals surface area contributed by atoms with E-state index in [1.165, 1.54) is 11.1 Å². The number of hydrogen-bond donors (Lipinski definition) is 2. The quantitative estimate of drug-likeness (QED) is 0.462. The van der Waals surface area contributed by atoms with Gasteiger partial charge in [0.15, 0.2) is 5.96 Å². The lowest BCUT2D eigenvalue weighted by Gasteiger charge is -2.14. The Bertz CT molecular complexity index is 482. The highest BCUT2D eigenvalue weighted by Gasteiger charge is 2.03. The second kappa shape index (κ2) is 10.0. The summed E-state index contributed by atoms with van der Waals surface area (Å²) in [7, 11) is 0. The summed E-state index contributed by atoms with van der Waals surface area (Å²) in [6.45, 7) is 6.31. The predicted molar refractivity (Wildman–Crippen MR) is 92.3 cm³/mol. The van der Waals surface area contributed by atoms with Crippen molar-refractivity contribution in [2.24, 2.45) is 4.99 Å². The minimum Gasteiger partial charge on any atom is -0.377 e. The van der Waals surface area contributed by atoms with Gasteiger partial charge in [0, 0.05) is 19.6 Å². The summed E-state index contributed by atoms with van der Waals surface area (Å²) in [5, 5.41) is 6.70. The van der Waals surface area contributed by atoms with Crippen molar-refractivity contribution in [1.29, 1.82) is 0 Å². The first-order valence-electron chi connectivity index (χ1n) is 8.20. The molecular weight excluding hydrogens is 274 g/mol. The molecule has 22 heavy (non-hydrogen) atoms. The lowest BCUT2D eigenvalue weighted by molar-refractivity contribution is 0.153. The van der Waals surface area contributed by atoms with Crippen molar-refractivity contribution in [1.82, 2.24) is 10.6 Å². The molecule has 1 aliphatic rings. The number of guanidine groups is 1. The Morgan fingerprint density at radius 2 is 2.05 bits per heavy atom. The van der Waals surface area contributed by atoms with Gasteiger partial charge >= 0.3 is 0 Å². The fraction of sp³-hybridized carbons (Fsp3) is 0.500. The standard InChI is InChI=1S/C18H27N3O/c1-2-19-18(20-12-8-16-6-4-3-5-7-16)21-13-9-17-10-14-22-15-11-17/h3-7,10H,2,8-9,11-15H2,1H3,(H2,19,20,21). The van der Waals surface area contributed by atoms with Crippen LogP contribution < -0.4 is 10.6 Å². The number of ether oxygens (including phenoxy) is 1. The smallest absolute Gasteiger partial charge is 0.191 e. The Labute approximate surface area is 133 Å². The van der Waals surface area contributed by atoms with Crippen LogP contribution in [0.2, 0.25) is 0 Å². The first kappa shape index (κ1) is 16.6. The van der Waals surface area contributed by atoms with Gasteiger partial charge in [-0.2, -0.15) is 0 Å². The SMILES string of the molecule is CCNC(=NCCC1=CCOCC1)NCCc1ccccc1. The lowest BCUT2D eigenvalue weighted by atomic mass is 10.1. The Balaban J connectivity index is 1.73. The Hall–Kier alpha value is -1.81. The topological polar surface area (TPSA) is 45.7 Å². The molecule has 0 amide bonds. The van der Waals surface area contributed by atoms with E-state index in [1.807, 2.05) is 6.07 Å². The number of nitrogens with zero attached hydrogens (tertiary/aromatic N) is 1. The monoisotopic (exact) mass is 301 g/mol. The third-order valence-corrected chi connectivity index (χ3v) is 3.65. The molecule has 0 unspecified atom stereocenters. The molecule has 1 aromatic rings. The van der Waals surface area contributed by atoms with Crippen LogP contribution >= 0.6 is 0 Å². The summed E-state index contributed by atoms with van der Waals surface area (Å²) in [4.78, 5) is 4.65. The molecule has 1 aromatic carbocycles. The van der Waals surface area contributed by atoms with E-state index in [2.05, 4.69) is 52.9 Å². The highest BCUT2D eigenvalue weighted by Crippen LogP contribution is 2.11. The van der Waals surface area contributed by atoms with E-state index in [4.69, 9.17) is 4.74 Å². The number of rotatable bonds is 7. The van der Waals surface area contributed by atoms with E-state index >= 15 is 0 Å². The Morgan fingerprint density at radius 1 is 1.18 bits per heavy atom. The van der Waals surface area contributed by atoms with Crippen LogP contribution in [0.3, 0.4) is 0 Å². The summed E-state index contributed by atoms with van der Waals surface area (Å²) < 4.78 is 5.32. The van der Waals surface area contributed by atoms with Crippen LogP contribution in [-0.4, -0.2) is 38.8 Å². The number of aliphatic imine (C=N–C) groups is 1. The van der Waals surface area contributed by atoms with Crippen molar-refractivity contribution >= 4 is 5.96 Å². The third-order valence-electron chi connectivity index (χ3n) is 3.65. The van der Waals surface area contributed by atoms with Gasteiger partial charge in [0.25, 0.3) is 0 Å². The summed E-state index contributed by atoms with van der Waals surface area (Å²) >= 11 is 0. The maximum absolute atomic E-state index is 5.32. The van der Waals surface area contributed by atoms with Crippen molar-refractivity contribution in [3.8, 4) is 0 Å². The molecule has 0 atom stereocenters. The van der Waals surface area contributed by atoms with Gasteiger partial charge in [0.05, 0.1) is 13.2 Å². The van der Waals surface area contributed by atoms with Crippen molar-refractivity contribution in [3.63, 3.8) is 0 Å². The van der Waals surface area contributed by atoms with E-state index in [9.17, 15) is 0 Å². The summed E-state index contributed by atoms with van der Waals surface area (Å²) in [5.41, 5.74) is 2.81. The van der Waals surface area contributed by atoms with E-state index in [0.29, 0.717) is 0 Å². The molecule has 1 aliphatic heterocycles. The Kier molecular flexibility index (Phi) is 7.53. The molecule has 120 valence electrons. The number of benzene rings is 1. The van der Waals surface area contributed by atoms with Crippen LogP contribution in [0.1, 0.15) is 25.3 Å². The Morgan fingerprint density at radius 3 is 2.77 bits per heavy atom. The second-order valence-electron chi connectivity index (χ2n) is 5.36. The first-order valence-corrected chi connectivity index (χ1v) is 8.20. The lowest BCUT2D eigenvalue weighted by Crippen LogP contribution is -2.38. The maximum atomic E-state index is 5.32. The molecule has 0 spiro atoms. The van der Waals surface area contributed by atoms with Crippen LogP contribution in [0, 0.1) is 0 Å². The van der Waals surface area contributed by atoms with Crippen molar-refractivity contribution in [2.45, 2.75) is 26.2 Å². The van der Waals surface area contributed by atoms with Crippen LogP contribution in [0.25, 0.3) is 0 Å². The second-order valence-corrected chi connectivity index (χ2v) is 5.36. The van der Waals surface area contributed by atoms with Crippen molar-refractivity contribution in [2.75, 3.05) is 32.8 Å². The van der Waals surface area contributed by atoms with Gasteiger partial charge in [-0.15, -0.1) is 0 Å². The van der Waals surface area contributed by atoms with Crippen LogP contribution in [0.4, 0.5) is 0 Å². The van der Waals surface area contributed by atoms with Crippen molar-refractivity contribution < 1.29 is 4.74 Å².